The van der Waals surface area contributed by atoms with Crippen LogP contribution in [0.4, 0.5) is 11.4 Å². The van der Waals surface area contributed by atoms with Crippen molar-refractivity contribution in [2.45, 2.75) is 62.7 Å². The molecule has 3 amide bonds. The van der Waals surface area contributed by atoms with Crippen LogP contribution in [0.15, 0.2) is 97.1 Å². The first-order chi connectivity index (χ1) is 24.5. The number of carbonyl (C=O) groups is 3. The Balaban J connectivity index is 1.28. The quantitative estimate of drug-likeness (QED) is 0.236. The van der Waals surface area contributed by atoms with Gasteiger partial charge in [-0.25, -0.2) is 0 Å². The third-order valence-corrected chi connectivity index (χ3v) is 15.9. The van der Waals surface area contributed by atoms with Gasteiger partial charge < -0.3 is 29.7 Å². The topological polar surface area (TPSA) is 108 Å². The van der Waals surface area contributed by atoms with Gasteiger partial charge in [-0.1, -0.05) is 79.8 Å². The van der Waals surface area contributed by atoms with E-state index >= 15 is 0 Å². The van der Waals surface area contributed by atoms with E-state index in [1.54, 1.807) is 42.2 Å². The van der Waals surface area contributed by atoms with Gasteiger partial charge in [0.1, 0.15) is 5.75 Å². The second-order valence-corrected chi connectivity index (χ2v) is 19.3. The summed E-state index contributed by atoms with van der Waals surface area (Å²) < 4.78 is 12.6. The largest absolute Gasteiger partial charge is 0.497 e. The van der Waals surface area contributed by atoms with Gasteiger partial charge in [0.2, 0.25) is 5.91 Å². The molecule has 0 aromatic heterocycles. The zero-order valence-electron chi connectivity index (χ0n) is 29.8. The number of amides is 3. The summed E-state index contributed by atoms with van der Waals surface area (Å²) in [6.45, 7) is 6.91. The first kappa shape index (κ1) is 34.7. The number of aliphatic hydroxyl groups is 1. The molecule has 2 N–H and O–H groups in total. The third kappa shape index (κ3) is 5.85. The van der Waals surface area contributed by atoms with Crippen molar-refractivity contribution in [3.8, 4) is 5.75 Å². The van der Waals surface area contributed by atoms with Crippen LogP contribution in [-0.2, 0) is 32.9 Å². The van der Waals surface area contributed by atoms with E-state index in [-0.39, 0.29) is 48.3 Å². The summed E-state index contributed by atoms with van der Waals surface area (Å²) in [5.41, 5.74) is 3.19. The molecule has 4 aromatic rings. The van der Waals surface area contributed by atoms with Crippen LogP contribution < -0.4 is 20.1 Å². The third-order valence-electron chi connectivity index (χ3n) is 11.5. The van der Waals surface area contributed by atoms with Gasteiger partial charge in [-0.3, -0.25) is 14.4 Å². The summed E-state index contributed by atoms with van der Waals surface area (Å²) >= 11 is 0. The van der Waals surface area contributed by atoms with Crippen LogP contribution in [0.5, 0.6) is 5.75 Å². The molecular weight excluding hydrogens is 659 g/mol. The predicted molar refractivity (Wildman–Crippen MR) is 200 cm³/mol. The molecule has 0 bridgehead atoms. The SMILES string of the molecule is COc1ccc([Si](C)(C)[C@@H]2[C@@H](CC(=O)N3Cc4ccccc4C[C@H]3CO)O[C@]3(C(=O)N(C)c4ccc(NC(=O)c5ccccc5)cc43)[C@H]2C)cc1. The number of aliphatic hydroxyl groups excluding tert-OH is 1. The summed E-state index contributed by atoms with van der Waals surface area (Å²) in [7, 11) is 0.899. The number of likely N-dealkylation sites (N-methyl/N-ethyl adjacent to an activating group) is 1. The number of rotatable bonds is 8. The number of fused-ring (bicyclic) bond motifs is 3. The van der Waals surface area contributed by atoms with Crippen molar-refractivity contribution in [2.75, 3.05) is 31.0 Å². The van der Waals surface area contributed by atoms with Gasteiger partial charge in [-0.05, 0) is 65.6 Å². The Bertz CT molecular complexity index is 1970. The molecule has 264 valence electrons. The minimum absolute atomic E-state index is 0.0682. The fourth-order valence-corrected chi connectivity index (χ4v) is 12.8. The van der Waals surface area contributed by atoms with E-state index in [0.717, 1.165) is 16.9 Å². The number of nitrogens with zero attached hydrogens (tertiary/aromatic N) is 2. The van der Waals surface area contributed by atoms with Crippen molar-refractivity contribution < 1.29 is 29.0 Å². The number of benzene rings is 4. The van der Waals surface area contributed by atoms with Gasteiger partial charge >= 0.3 is 0 Å². The normalized spacial score (nSPS) is 24.0. The lowest BCUT2D eigenvalue weighted by Crippen LogP contribution is -2.52. The van der Waals surface area contributed by atoms with Crippen molar-refractivity contribution in [3.63, 3.8) is 0 Å². The molecule has 3 aliphatic rings. The summed E-state index contributed by atoms with van der Waals surface area (Å²) in [6.07, 6.45) is 0.0610. The van der Waals surface area contributed by atoms with Gasteiger partial charge in [0.25, 0.3) is 11.8 Å². The molecule has 1 spiro atoms. The number of anilines is 2. The van der Waals surface area contributed by atoms with E-state index in [4.69, 9.17) is 9.47 Å². The summed E-state index contributed by atoms with van der Waals surface area (Å²) in [5.74, 6) is -0.0967. The lowest BCUT2D eigenvalue weighted by Gasteiger charge is -2.39. The van der Waals surface area contributed by atoms with Gasteiger partial charge in [-0.2, -0.15) is 0 Å². The average Bonchev–Trinajstić information content (AvgIpc) is 3.56. The number of hydrogen-bond acceptors (Lipinski definition) is 6. The molecule has 9 nitrogen and oxygen atoms in total. The fraction of sp³-hybridized carbons (Fsp3) is 0.341. The second-order valence-electron chi connectivity index (χ2n) is 14.6. The number of ether oxygens (including phenoxy) is 2. The Morgan fingerprint density at radius 2 is 1.67 bits per heavy atom. The van der Waals surface area contributed by atoms with E-state index in [1.807, 2.05) is 60.7 Å². The molecule has 0 radical (unpaired) electrons. The van der Waals surface area contributed by atoms with Crippen LogP contribution in [0, 0.1) is 5.92 Å². The second kappa shape index (κ2) is 13.4. The molecule has 1 saturated heterocycles. The summed E-state index contributed by atoms with van der Waals surface area (Å²) in [6, 6.07) is 30.3. The van der Waals surface area contributed by atoms with Crippen molar-refractivity contribution in [1.82, 2.24) is 4.90 Å². The highest BCUT2D eigenvalue weighted by molar-refractivity contribution is 6.91. The Hall–Kier alpha value is -4.77. The molecule has 0 aliphatic carbocycles. The molecule has 51 heavy (non-hydrogen) atoms. The van der Waals surface area contributed by atoms with E-state index in [2.05, 4.69) is 43.5 Å². The molecule has 10 heteroatoms. The van der Waals surface area contributed by atoms with Crippen molar-refractivity contribution in [1.29, 1.82) is 0 Å². The highest BCUT2D eigenvalue weighted by Gasteiger charge is 2.66. The molecule has 3 heterocycles. The Morgan fingerprint density at radius 1 is 0.980 bits per heavy atom. The number of hydrogen-bond donors (Lipinski definition) is 2. The fourth-order valence-electron chi connectivity index (χ4n) is 8.82. The molecule has 1 fully saturated rings. The summed E-state index contributed by atoms with van der Waals surface area (Å²) in [5, 5.41) is 14.6. The maximum absolute atomic E-state index is 14.6. The molecule has 0 unspecified atom stereocenters. The van der Waals surface area contributed by atoms with E-state index in [0.29, 0.717) is 35.5 Å². The Morgan fingerprint density at radius 3 is 2.35 bits per heavy atom. The number of carbonyl (C=O) groups excluding carboxylic acids is 3. The Kier molecular flexibility index (Phi) is 9.11. The minimum atomic E-state index is -2.50. The zero-order valence-corrected chi connectivity index (χ0v) is 30.8. The van der Waals surface area contributed by atoms with Crippen molar-refractivity contribution in [2.24, 2.45) is 5.92 Å². The molecular formula is C41H45N3O6Si. The number of nitrogens with one attached hydrogen (secondary N) is 1. The maximum atomic E-state index is 14.6. The van der Waals surface area contributed by atoms with Crippen LogP contribution in [-0.4, -0.2) is 68.7 Å². The lowest BCUT2D eigenvalue weighted by atomic mass is 9.82. The van der Waals surface area contributed by atoms with Crippen LogP contribution in [0.3, 0.4) is 0 Å². The van der Waals surface area contributed by atoms with E-state index < -0.39 is 19.8 Å². The first-order valence-electron chi connectivity index (χ1n) is 17.6. The molecule has 5 atom stereocenters. The Labute approximate surface area is 300 Å². The van der Waals surface area contributed by atoms with Crippen molar-refractivity contribution >= 4 is 42.4 Å². The monoisotopic (exact) mass is 703 g/mol. The van der Waals surface area contributed by atoms with Gasteiger partial charge in [-0.15, -0.1) is 0 Å². The van der Waals surface area contributed by atoms with E-state index in [1.165, 1.54) is 5.19 Å². The molecule has 3 aliphatic heterocycles. The average molecular weight is 704 g/mol. The van der Waals surface area contributed by atoms with Crippen LogP contribution in [0.2, 0.25) is 18.6 Å². The van der Waals surface area contributed by atoms with Gasteiger partial charge in [0.05, 0.1) is 46.0 Å². The highest BCUT2D eigenvalue weighted by atomic mass is 28.3. The van der Waals surface area contributed by atoms with Gasteiger partial charge in [0.15, 0.2) is 5.60 Å². The molecule has 7 rings (SSSR count). The first-order valence-corrected chi connectivity index (χ1v) is 20.7. The lowest BCUT2D eigenvalue weighted by molar-refractivity contribution is -0.150. The van der Waals surface area contributed by atoms with Crippen molar-refractivity contribution in [3.05, 3.63) is 119 Å². The predicted octanol–water partition coefficient (Wildman–Crippen LogP) is 5.48. The van der Waals surface area contributed by atoms with Gasteiger partial charge in [0, 0.05) is 36.3 Å². The number of methoxy groups -OCH3 is 1. The smallest absolute Gasteiger partial charge is 0.264 e. The standard InChI is InChI=1S/C41H45N3O6Si/c1-26-38(51(4,5)33-18-16-32(49-3)17-19-33)36(23-37(46)44-24-29-14-10-9-13-28(29)21-31(44)25-45)50-41(26)34-22-30(15-20-35(34)43(2)40(41)48)42-39(47)27-11-7-6-8-12-27/h6-20,22,26,31,36,38,45H,21,23-25H2,1-5H3,(H,42,47)/t26-,31-,36+,38-,41+/m0/s1. The maximum Gasteiger partial charge on any atom is 0.264 e. The molecule has 4 aromatic carbocycles. The van der Waals surface area contributed by atoms with E-state index in [9.17, 15) is 19.5 Å². The minimum Gasteiger partial charge on any atom is -0.497 e. The zero-order chi connectivity index (χ0) is 36.1. The highest BCUT2D eigenvalue weighted by Crippen LogP contribution is 2.60. The molecule has 0 saturated carbocycles. The summed E-state index contributed by atoms with van der Waals surface area (Å²) in [4.78, 5) is 45.6. The van der Waals surface area contributed by atoms with Crippen LogP contribution >= 0.6 is 0 Å². The van der Waals surface area contributed by atoms with Crippen LogP contribution in [0.1, 0.15) is 40.4 Å². The van der Waals surface area contributed by atoms with Crippen LogP contribution in [0.25, 0.3) is 0 Å².